The van der Waals surface area contributed by atoms with E-state index in [0.717, 1.165) is 11.1 Å². The summed E-state index contributed by atoms with van der Waals surface area (Å²) < 4.78 is 7.04. The number of rotatable bonds is 6. The van der Waals surface area contributed by atoms with Crippen molar-refractivity contribution in [3.63, 3.8) is 0 Å². The number of carbonyl (C=O) groups is 1. The topological polar surface area (TPSA) is 61.2 Å². The first-order valence-electron chi connectivity index (χ1n) is 10.2. The van der Waals surface area contributed by atoms with Crippen molar-refractivity contribution in [3.8, 4) is 0 Å². The van der Waals surface area contributed by atoms with Gasteiger partial charge in [-0.2, -0.15) is 0 Å². The maximum Gasteiger partial charge on any atom is 0.349 e. The van der Waals surface area contributed by atoms with Crippen molar-refractivity contribution >= 4 is 27.5 Å². The first kappa shape index (κ1) is 21.0. The maximum absolute atomic E-state index is 13.1. The fourth-order valence-electron chi connectivity index (χ4n) is 3.46. The predicted octanol–water partition coefficient (Wildman–Crippen LogP) is 5.30. The van der Waals surface area contributed by atoms with Crippen LogP contribution in [0.2, 0.25) is 0 Å². The Labute approximate surface area is 185 Å². The summed E-state index contributed by atoms with van der Waals surface area (Å²) in [6, 6.07) is 17.8. The number of hydrogen-bond acceptors (Lipinski definition) is 5. The number of ether oxygens (including phenoxy) is 1. The molecule has 5 nitrogen and oxygen atoms in total. The van der Waals surface area contributed by atoms with Crippen LogP contribution in [0.1, 0.15) is 51.7 Å². The summed E-state index contributed by atoms with van der Waals surface area (Å²) >= 11 is 1.20. The van der Waals surface area contributed by atoms with Crippen molar-refractivity contribution in [1.82, 2.24) is 9.55 Å². The lowest BCUT2D eigenvalue weighted by molar-refractivity contribution is 0.0478. The monoisotopic (exact) mass is 432 g/mol. The maximum atomic E-state index is 13.1. The number of aryl methyl sites for hydroxylation is 1. The van der Waals surface area contributed by atoms with Gasteiger partial charge < -0.3 is 4.74 Å². The standard InChI is InChI=1S/C25H24N2O3S/c1-16(2)20-11-9-18(10-12-20)13-27-15-26-23-21(24(27)28)17(3)22(31-23)25(29)30-14-19-7-5-4-6-8-19/h4-12,15-16H,13-14H2,1-3H3. The van der Waals surface area contributed by atoms with Gasteiger partial charge in [-0.25, -0.2) is 9.78 Å². The van der Waals surface area contributed by atoms with Crippen LogP contribution in [0.4, 0.5) is 0 Å². The largest absolute Gasteiger partial charge is 0.457 e. The summed E-state index contributed by atoms with van der Waals surface area (Å²) in [6.07, 6.45) is 1.55. The van der Waals surface area contributed by atoms with E-state index in [9.17, 15) is 9.59 Å². The third kappa shape index (κ3) is 4.44. The number of thiophene rings is 1. The smallest absolute Gasteiger partial charge is 0.349 e. The molecule has 31 heavy (non-hydrogen) atoms. The van der Waals surface area contributed by atoms with Crippen LogP contribution in [0.3, 0.4) is 0 Å². The molecule has 0 radical (unpaired) electrons. The highest BCUT2D eigenvalue weighted by molar-refractivity contribution is 7.20. The highest BCUT2D eigenvalue weighted by Crippen LogP contribution is 2.28. The molecule has 0 atom stereocenters. The molecule has 0 amide bonds. The second-order valence-electron chi connectivity index (χ2n) is 7.87. The van der Waals surface area contributed by atoms with E-state index in [1.54, 1.807) is 17.8 Å². The minimum absolute atomic E-state index is 0.145. The van der Waals surface area contributed by atoms with E-state index in [0.29, 0.717) is 33.1 Å². The van der Waals surface area contributed by atoms with Gasteiger partial charge in [0, 0.05) is 0 Å². The molecule has 0 aliphatic rings. The summed E-state index contributed by atoms with van der Waals surface area (Å²) in [7, 11) is 0. The Morgan fingerprint density at radius 3 is 2.45 bits per heavy atom. The van der Waals surface area contributed by atoms with Crippen LogP contribution in [0, 0.1) is 6.92 Å². The quantitative estimate of drug-likeness (QED) is 0.388. The van der Waals surface area contributed by atoms with Crippen LogP contribution in [0.25, 0.3) is 10.2 Å². The second kappa shape index (κ2) is 8.86. The van der Waals surface area contributed by atoms with Crippen molar-refractivity contribution in [2.75, 3.05) is 0 Å². The molecule has 2 heterocycles. The zero-order chi connectivity index (χ0) is 22.0. The lowest BCUT2D eigenvalue weighted by Gasteiger charge is -2.08. The Bertz CT molecular complexity index is 1270. The first-order chi connectivity index (χ1) is 14.9. The zero-order valence-corrected chi connectivity index (χ0v) is 18.6. The summed E-state index contributed by atoms with van der Waals surface area (Å²) in [5.74, 6) is 0.0305. The molecule has 4 rings (SSSR count). The van der Waals surface area contributed by atoms with Gasteiger partial charge in [-0.3, -0.25) is 9.36 Å². The molecule has 158 valence electrons. The van der Waals surface area contributed by atoms with Crippen molar-refractivity contribution in [1.29, 1.82) is 0 Å². The molecule has 0 fully saturated rings. The van der Waals surface area contributed by atoms with Gasteiger partial charge in [0.1, 0.15) is 16.3 Å². The third-order valence-corrected chi connectivity index (χ3v) is 6.49. The van der Waals surface area contributed by atoms with Crippen LogP contribution < -0.4 is 5.56 Å². The van der Waals surface area contributed by atoms with Gasteiger partial charge in [0.25, 0.3) is 5.56 Å². The van der Waals surface area contributed by atoms with Crippen molar-refractivity contribution < 1.29 is 9.53 Å². The minimum atomic E-state index is -0.431. The number of hydrogen-bond donors (Lipinski definition) is 0. The highest BCUT2D eigenvalue weighted by Gasteiger charge is 2.20. The summed E-state index contributed by atoms with van der Waals surface area (Å²) in [5, 5.41) is 0.484. The van der Waals surface area contributed by atoms with Gasteiger partial charge >= 0.3 is 5.97 Å². The minimum Gasteiger partial charge on any atom is -0.457 e. The molecule has 0 saturated heterocycles. The lowest BCUT2D eigenvalue weighted by Crippen LogP contribution is -2.21. The van der Waals surface area contributed by atoms with Crippen LogP contribution in [-0.2, 0) is 17.9 Å². The van der Waals surface area contributed by atoms with Crippen LogP contribution in [0.5, 0.6) is 0 Å². The van der Waals surface area contributed by atoms with Crippen LogP contribution in [-0.4, -0.2) is 15.5 Å². The van der Waals surface area contributed by atoms with Gasteiger partial charge in [0.05, 0.1) is 18.3 Å². The molecule has 0 saturated carbocycles. The summed E-state index contributed by atoms with van der Waals surface area (Å²) in [6.45, 7) is 6.71. The van der Waals surface area contributed by atoms with Crippen LogP contribution >= 0.6 is 11.3 Å². The van der Waals surface area contributed by atoms with Gasteiger partial charge in [0.15, 0.2) is 0 Å². The third-order valence-electron chi connectivity index (χ3n) is 5.31. The fraction of sp³-hybridized carbons (Fsp3) is 0.240. The van der Waals surface area contributed by atoms with E-state index in [-0.39, 0.29) is 12.2 Å². The molecular formula is C25H24N2O3S. The normalized spacial score (nSPS) is 11.2. The Morgan fingerprint density at radius 2 is 1.77 bits per heavy atom. The van der Waals surface area contributed by atoms with E-state index in [2.05, 4.69) is 31.0 Å². The van der Waals surface area contributed by atoms with Gasteiger partial charge in [-0.05, 0) is 35.1 Å². The molecule has 2 aromatic heterocycles. The molecule has 6 heteroatoms. The molecular weight excluding hydrogens is 408 g/mol. The van der Waals surface area contributed by atoms with Gasteiger partial charge in [-0.15, -0.1) is 11.3 Å². The second-order valence-corrected chi connectivity index (χ2v) is 8.87. The number of nitrogens with zero attached hydrogens (tertiary/aromatic N) is 2. The van der Waals surface area contributed by atoms with Crippen molar-refractivity contribution in [2.24, 2.45) is 0 Å². The Hall–Kier alpha value is -3.25. The fourth-order valence-corrected chi connectivity index (χ4v) is 4.49. The predicted molar refractivity (Wildman–Crippen MR) is 124 cm³/mol. The van der Waals surface area contributed by atoms with E-state index in [4.69, 9.17) is 4.74 Å². The zero-order valence-electron chi connectivity index (χ0n) is 17.8. The van der Waals surface area contributed by atoms with Gasteiger partial charge in [-0.1, -0.05) is 68.4 Å². The molecule has 0 bridgehead atoms. The Morgan fingerprint density at radius 1 is 1.06 bits per heavy atom. The Kier molecular flexibility index (Phi) is 6.00. The molecule has 0 aliphatic carbocycles. The summed E-state index contributed by atoms with van der Waals surface area (Å²) in [4.78, 5) is 31.2. The molecule has 4 aromatic rings. The Balaban J connectivity index is 1.58. The van der Waals surface area contributed by atoms with E-state index < -0.39 is 5.97 Å². The average Bonchev–Trinajstić information content (AvgIpc) is 3.12. The molecule has 0 spiro atoms. The van der Waals surface area contributed by atoms with Crippen molar-refractivity contribution in [2.45, 2.75) is 39.8 Å². The highest BCUT2D eigenvalue weighted by atomic mass is 32.1. The molecule has 0 unspecified atom stereocenters. The number of aromatic nitrogens is 2. The molecule has 0 N–H and O–H groups in total. The average molecular weight is 433 g/mol. The number of benzene rings is 2. The van der Waals surface area contributed by atoms with Crippen molar-refractivity contribution in [3.05, 3.63) is 98.4 Å². The number of fused-ring (bicyclic) bond motifs is 1. The lowest BCUT2D eigenvalue weighted by atomic mass is 10.0. The molecule has 2 aromatic carbocycles. The number of esters is 1. The van der Waals surface area contributed by atoms with E-state index in [1.807, 2.05) is 42.5 Å². The van der Waals surface area contributed by atoms with E-state index >= 15 is 0 Å². The molecule has 0 aliphatic heterocycles. The first-order valence-corrected chi connectivity index (χ1v) is 11.0. The van der Waals surface area contributed by atoms with Crippen LogP contribution in [0.15, 0.2) is 65.7 Å². The number of carbonyl (C=O) groups excluding carboxylic acids is 1. The van der Waals surface area contributed by atoms with Gasteiger partial charge in [0.2, 0.25) is 0 Å². The van der Waals surface area contributed by atoms with E-state index in [1.165, 1.54) is 16.9 Å². The SMILES string of the molecule is Cc1c(C(=O)OCc2ccccc2)sc2ncn(Cc3ccc(C(C)C)cc3)c(=O)c12. The summed E-state index contributed by atoms with van der Waals surface area (Å²) in [5.41, 5.74) is 3.69.